The van der Waals surface area contributed by atoms with Crippen LogP contribution in [0.2, 0.25) is 0 Å². The van der Waals surface area contributed by atoms with Crippen LogP contribution in [0.5, 0.6) is 0 Å². The van der Waals surface area contributed by atoms with Crippen molar-refractivity contribution in [2.75, 3.05) is 31.1 Å². The van der Waals surface area contributed by atoms with Crippen molar-refractivity contribution in [1.29, 1.82) is 0 Å². The van der Waals surface area contributed by atoms with Crippen LogP contribution in [-0.2, 0) is 11.3 Å². The van der Waals surface area contributed by atoms with Crippen molar-refractivity contribution in [2.45, 2.75) is 32.9 Å². The summed E-state index contributed by atoms with van der Waals surface area (Å²) in [5.41, 5.74) is 11.8. The molecule has 200 valence electrons. The molecular formula is C25H32B2N9O2P. The molecule has 2 unspecified atom stereocenters. The van der Waals surface area contributed by atoms with Crippen LogP contribution in [0.25, 0.3) is 11.3 Å². The third-order valence-corrected chi connectivity index (χ3v) is 7.58. The number of carbonyl (C=O) groups excluding carboxylic acids is 2. The molecule has 0 aliphatic carbocycles. The molecule has 14 heteroatoms. The first-order valence-corrected chi connectivity index (χ1v) is 13.6. The van der Waals surface area contributed by atoms with Gasteiger partial charge < -0.3 is 15.5 Å². The molecule has 1 saturated heterocycles. The Hall–Kier alpha value is -3.72. The third kappa shape index (κ3) is 5.41. The van der Waals surface area contributed by atoms with Gasteiger partial charge in [-0.25, -0.2) is 19.8 Å². The number of carbonyl (C=O) groups is 2. The molecule has 0 saturated carbocycles. The van der Waals surface area contributed by atoms with Gasteiger partial charge in [0.05, 0.1) is 17.4 Å². The second-order valence-corrected chi connectivity index (χ2v) is 10.9. The highest BCUT2D eigenvalue weighted by molar-refractivity contribution is 7.27. The molecule has 3 amide bonds. The number of hydrogen-bond acceptors (Lipinski definition) is 7. The highest BCUT2D eigenvalue weighted by Gasteiger charge is 2.33. The Labute approximate surface area is 231 Å². The highest BCUT2D eigenvalue weighted by atomic mass is 31.0. The highest BCUT2D eigenvalue weighted by Crippen LogP contribution is 2.29. The summed E-state index contributed by atoms with van der Waals surface area (Å²) < 4.78 is 1.61. The van der Waals surface area contributed by atoms with Crippen LogP contribution in [0.15, 0.2) is 29.5 Å². The molecule has 0 bridgehead atoms. The lowest BCUT2D eigenvalue weighted by Crippen LogP contribution is -2.52. The summed E-state index contributed by atoms with van der Waals surface area (Å²) in [5, 5.41) is 11.6. The molecule has 2 atom stereocenters. The van der Waals surface area contributed by atoms with Crippen LogP contribution in [-0.4, -0.2) is 89.7 Å². The summed E-state index contributed by atoms with van der Waals surface area (Å²) >= 11 is 0. The number of rotatable bonds is 5. The number of piperazine rings is 1. The Bertz CT molecular complexity index is 1450. The standard InChI is InChI=1S/C25H32B2N9O2P/c1-14-22(15(2)35(32-14)13-21(28)37)23-19(27)12-29-24(31-23)33-5-7-34(8-6-33)25(38)36-20(3-4-30-36)16-9-17(26)11-18(39)10-16/h4,9-12,20H,3,5-8,13,26-27,39H2,1-2H3,(H2,28,37). The first-order valence-electron chi connectivity index (χ1n) is 13.0. The van der Waals surface area contributed by atoms with E-state index in [0.717, 1.165) is 44.4 Å². The van der Waals surface area contributed by atoms with Gasteiger partial charge in [-0.15, -0.1) is 9.24 Å². The average molecular weight is 543 g/mol. The molecule has 2 aliphatic rings. The Morgan fingerprint density at radius 2 is 1.87 bits per heavy atom. The minimum absolute atomic E-state index is 0.0179. The minimum Gasteiger partial charge on any atom is -0.368 e. The predicted octanol–water partition coefficient (Wildman–Crippen LogP) is -1.87. The largest absolute Gasteiger partial charge is 0.368 e. The van der Waals surface area contributed by atoms with E-state index in [1.54, 1.807) is 9.69 Å². The molecule has 4 heterocycles. The smallest absolute Gasteiger partial charge is 0.341 e. The molecule has 3 aromatic rings. The predicted molar refractivity (Wildman–Crippen MR) is 161 cm³/mol. The first kappa shape index (κ1) is 26.9. The normalized spacial score (nSPS) is 17.2. The molecule has 11 nitrogen and oxygen atoms in total. The number of aryl methyl sites for hydroxylation is 1. The molecule has 0 spiro atoms. The van der Waals surface area contributed by atoms with E-state index in [-0.39, 0.29) is 18.6 Å². The summed E-state index contributed by atoms with van der Waals surface area (Å²) in [4.78, 5) is 38.4. The lowest BCUT2D eigenvalue weighted by atomic mass is 9.92. The molecule has 1 fully saturated rings. The van der Waals surface area contributed by atoms with Crippen molar-refractivity contribution in [3.8, 4) is 11.3 Å². The molecule has 5 rings (SSSR count). The number of primary amides is 1. The van der Waals surface area contributed by atoms with Crippen LogP contribution >= 0.6 is 9.24 Å². The van der Waals surface area contributed by atoms with E-state index in [1.807, 2.05) is 39.0 Å². The summed E-state index contributed by atoms with van der Waals surface area (Å²) in [6.07, 6.45) is 4.33. The monoisotopic (exact) mass is 543 g/mol. The van der Waals surface area contributed by atoms with Gasteiger partial charge in [-0.05, 0) is 36.2 Å². The summed E-state index contributed by atoms with van der Waals surface area (Å²) in [5.74, 6) is 0.160. The molecule has 2 aromatic heterocycles. The van der Waals surface area contributed by atoms with Gasteiger partial charge in [-0.3, -0.25) is 9.48 Å². The number of urea groups is 1. The lowest BCUT2D eigenvalue weighted by Gasteiger charge is -2.37. The molecular weight excluding hydrogens is 511 g/mol. The fourth-order valence-corrected chi connectivity index (χ4v) is 5.79. The van der Waals surface area contributed by atoms with Crippen LogP contribution in [0.3, 0.4) is 0 Å². The van der Waals surface area contributed by atoms with Crippen molar-refractivity contribution in [2.24, 2.45) is 10.8 Å². The SMILES string of the molecule is Bc1cc(P)cc(C2CC=NN2C(=O)N2CCN(c3ncc(B)c(-c4c(C)nn(CC(N)=O)c4C)n3)CC2)c1. The second kappa shape index (κ2) is 10.8. The van der Waals surface area contributed by atoms with E-state index in [4.69, 9.17) is 10.7 Å². The van der Waals surface area contributed by atoms with E-state index < -0.39 is 5.91 Å². The number of benzene rings is 1. The van der Waals surface area contributed by atoms with Gasteiger partial charge in [0.25, 0.3) is 0 Å². The van der Waals surface area contributed by atoms with Gasteiger partial charge >= 0.3 is 6.03 Å². The van der Waals surface area contributed by atoms with Gasteiger partial charge in [-0.1, -0.05) is 17.6 Å². The molecule has 39 heavy (non-hydrogen) atoms. The van der Waals surface area contributed by atoms with Crippen molar-refractivity contribution in [1.82, 2.24) is 29.7 Å². The zero-order valence-corrected chi connectivity index (χ0v) is 23.9. The van der Waals surface area contributed by atoms with Crippen LogP contribution in [0.1, 0.15) is 29.4 Å². The zero-order chi connectivity index (χ0) is 27.8. The Balaban J connectivity index is 1.30. The van der Waals surface area contributed by atoms with E-state index in [1.165, 1.54) is 0 Å². The number of nitrogens with two attached hydrogens (primary N) is 1. The number of hydrogen-bond donors (Lipinski definition) is 1. The zero-order valence-electron chi connectivity index (χ0n) is 22.8. The van der Waals surface area contributed by atoms with Gasteiger partial charge in [0.1, 0.15) is 22.2 Å². The van der Waals surface area contributed by atoms with Crippen molar-refractivity contribution >= 4 is 65.3 Å². The summed E-state index contributed by atoms with van der Waals surface area (Å²) in [7, 11) is 6.76. The quantitative estimate of drug-likeness (QED) is 0.297. The van der Waals surface area contributed by atoms with E-state index in [9.17, 15) is 9.59 Å². The molecule has 1 aromatic carbocycles. The van der Waals surface area contributed by atoms with E-state index >= 15 is 0 Å². The summed E-state index contributed by atoms with van der Waals surface area (Å²) in [6.45, 7) is 6.13. The Kier molecular flexibility index (Phi) is 7.44. The maximum absolute atomic E-state index is 13.5. The van der Waals surface area contributed by atoms with Gasteiger partial charge in [-0.2, -0.15) is 10.2 Å². The molecule has 2 aliphatic heterocycles. The van der Waals surface area contributed by atoms with Crippen LogP contribution in [0.4, 0.5) is 10.7 Å². The summed E-state index contributed by atoms with van der Waals surface area (Å²) in [6, 6.07) is 6.14. The Morgan fingerprint density at radius 3 is 2.56 bits per heavy atom. The average Bonchev–Trinajstić information content (AvgIpc) is 3.48. The topological polar surface area (TPSA) is 126 Å². The maximum atomic E-state index is 13.5. The molecule has 2 N–H and O–H groups in total. The van der Waals surface area contributed by atoms with Crippen molar-refractivity contribution < 1.29 is 9.59 Å². The van der Waals surface area contributed by atoms with Gasteiger partial charge in [0, 0.05) is 56.3 Å². The fraction of sp³-hybridized carbons (Fsp3) is 0.360. The Morgan fingerprint density at radius 1 is 1.13 bits per heavy atom. The van der Waals surface area contributed by atoms with Crippen molar-refractivity contribution in [3.05, 3.63) is 41.3 Å². The third-order valence-electron chi connectivity index (χ3n) is 7.25. The van der Waals surface area contributed by atoms with Crippen LogP contribution in [0, 0.1) is 13.8 Å². The number of hydrazone groups is 1. The lowest BCUT2D eigenvalue weighted by molar-refractivity contribution is -0.118. The van der Waals surface area contributed by atoms with Gasteiger partial charge in [0.15, 0.2) is 0 Å². The number of amides is 3. The minimum atomic E-state index is -0.446. The fourth-order valence-electron chi connectivity index (χ4n) is 5.33. The van der Waals surface area contributed by atoms with Crippen LogP contribution < -0.4 is 26.9 Å². The molecule has 0 radical (unpaired) electrons. The van der Waals surface area contributed by atoms with Crippen molar-refractivity contribution in [3.63, 3.8) is 0 Å². The van der Waals surface area contributed by atoms with E-state index in [0.29, 0.717) is 38.5 Å². The first-order chi connectivity index (χ1) is 18.6. The number of nitrogens with zero attached hydrogens (tertiary/aromatic N) is 8. The van der Waals surface area contributed by atoms with Gasteiger partial charge in [0.2, 0.25) is 11.9 Å². The maximum Gasteiger partial charge on any atom is 0.341 e. The van der Waals surface area contributed by atoms with E-state index in [2.05, 4.69) is 55.4 Å². The number of anilines is 1. The second-order valence-electron chi connectivity index (χ2n) is 10.2. The number of aromatic nitrogens is 4.